The third-order valence-electron chi connectivity index (χ3n) is 6.88. The number of primary amides is 1. The number of anilines is 1. The number of hydrogen-bond donors (Lipinski definition) is 3. The molecule has 0 fully saturated rings. The molecule has 3 aromatic carbocycles. The van der Waals surface area contributed by atoms with Crippen molar-refractivity contribution in [3.8, 4) is 22.3 Å². The largest absolute Gasteiger partial charge is 0.478 e. The van der Waals surface area contributed by atoms with Crippen LogP contribution < -0.4 is 11.1 Å². The van der Waals surface area contributed by atoms with E-state index >= 15 is 0 Å². The van der Waals surface area contributed by atoms with Crippen LogP contribution in [0.25, 0.3) is 27.1 Å². The summed E-state index contributed by atoms with van der Waals surface area (Å²) in [7, 11) is 0. The fourth-order valence-corrected chi connectivity index (χ4v) is 5.25. The molecule has 0 spiro atoms. The lowest BCUT2D eigenvalue weighted by atomic mass is 9.91. The molecule has 1 aliphatic carbocycles. The second kappa shape index (κ2) is 10.0. The Morgan fingerprint density at radius 2 is 1.95 bits per heavy atom. The number of benzene rings is 3. The topological polar surface area (TPSA) is 110 Å². The van der Waals surface area contributed by atoms with Crippen LogP contribution in [0.4, 0.5) is 5.69 Å². The predicted molar refractivity (Wildman–Crippen MR) is 147 cm³/mol. The Labute approximate surface area is 224 Å². The monoisotopic (exact) mass is 522 g/mol. The average Bonchev–Trinajstić information content (AvgIpc) is 3.27. The molecule has 4 aromatic rings. The molecule has 8 heteroatoms. The summed E-state index contributed by atoms with van der Waals surface area (Å²) in [5.74, 6) is -1.62. The number of aromatic nitrogens is 1. The molecule has 0 atom stereocenters. The van der Waals surface area contributed by atoms with E-state index in [0.29, 0.717) is 30.1 Å². The van der Waals surface area contributed by atoms with Crippen LogP contribution in [0, 0.1) is 13.5 Å². The number of carbonyl (C=O) groups excluding carboxylic acids is 1. The average molecular weight is 523 g/mol. The molecule has 0 unspecified atom stereocenters. The summed E-state index contributed by atoms with van der Waals surface area (Å²) in [5.41, 5.74) is 15.0. The highest BCUT2D eigenvalue weighted by Crippen LogP contribution is 2.45. The fraction of sp³-hybridized carbons (Fsp3) is 0.133. The molecule has 0 aliphatic heterocycles. The zero-order chi connectivity index (χ0) is 27.0. The van der Waals surface area contributed by atoms with E-state index in [2.05, 4.69) is 15.1 Å². The zero-order valence-corrected chi connectivity index (χ0v) is 21.3. The lowest BCUT2D eigenvalue weighted by molar-refractivity contribution is 0.0695. The van der Waals surface area contributed by atoms with Gasteiger partial charge >= 0.3 is 5.97 Å². The standard InChI is InChI=1S/C30H23ClN4O3/c1-16-21(4-3-5-26(16)34-14-18-7-8-20(31)12-23(18)30(37)38)25-15-35-28(29(32)36)24-11-19-10-17(13-33-2)6-9-22(19)27(24)25/h3-10,12,15,34H,11,13-14H2,1H3,(H2,32,36)(H,37,38). The molecule has 188 valence electrons. The quantitative estimate of drug-likeness (QED) is 0.223. The number of pyridine rings is 1. The molecule has 7 nitrogen and oxygen atoms in total. The van der Waals surface area contributed by atoms with Crippen molar-refractivity contribution < 1.29 is 14.7 Å². The number of carbonyl (C=O) groups is 2. The van der Waals surface area contributed by atoms with Gasteiger partial charge in [0.15, 0.2) is 0 Å². The third kappa shape index (κ3) is 4.47. The minimum Gasteiger partial charge on any atom is -0.478 e. The molecule has 1 aromatic heterocycles. The number of amides is 1. The second-order valence-corrected chi connectivity index (χ2v) is 9.60. The zero-order valence-electron chi connectivity index (χ0n) is 20.5. The van der Waals surface area contributed by atoms with Crippen molar-refractivity contribution in [3.05, 3.63) is 116 Å². The van der Waals surface area contributed by atoms with E-state index in [1.807, 2.05) is 43.3 Å². The molecule has 1 aliphatic rings. The van der Waals surface area contributed by atoms with E-state index in [9.17, 15) is 14.7 Å². The minimum absolute atomic E-state index is 0.150. The van der Waals surface area contributed by atoms with Gasteiger partial charge in [-0.15, -0.1) is 0 Å². The Balaban J connectivity index is 1.57. The molecular formula is C30H23ClN4O3. The summed E-state index contributed by atoms with van der Waals surface area (Å²) in [6.45, 7) is 9.77. The van der Waals surface area contributed by atoms with Gasteiger partial charge in [0.2, 0.25) is 6.54 Å². The van der Waals surface area contributed by atoms with Crippen LogP contribution in [-0.2, 0) is 19.5 Å². The van der Waals surface area contributed by atoms with Gasteiger partial charge in [-0.25, -0.2) is 11.4 Å². The van der Waals surface area contributed by atoms with Crippen LogP contribution in [0.1, 0.15) is 48.7 Å². The summed E-state index contributed by atoms with van der Waals surface area (Å²) in [6.07, 6.45) is 2.20. The molecule has 0 saturated carbocycles. The van der Waals surface area contributed by atoms with E-state index in [-0.39, 0.29) is 11.3 Å². The smallest absolute Gasteiger partial charge is 0.336 e. The number of halogens is 1. The number of carboxylic acid groups (broad SMARTS) is 1. The number of hydrogen-bond acceptors (Lipinski definition) is 4. The lowest BCUT2D eigenvalue weighted by Crippen LogP contribution is -2.16. The number of nitrogens with one attached hydrogen (secondary N) is 1. The summed E-state index contributed by atoms with van der Waals surface area (Å²) in [6, 6.07) is 16.6. The number of nitrogens with two attached hydrogens (primary N) is 1. The van der Waals surface area contributed by atoms with Crippen LogP contribution >= 0.6 is 11.6 Å². The van der Waals surface area contributed by atoms with Crippen molar-refractivity contribution in [2.75, 3.05) is 5.32 Å². The highest BCUT2D eigenvalue weighted by molar-refractivity contribution is 6.31. The summed E-state index contributed by atoms with van der Waals surface area (Å²) >= 11 is 6.00. The van der Waals surface area contributed by atoms with Gasteiger partial charge in [-0.2, -0.15) is 0 Å². The van der Waals surface area contributed by atoms with Gasteiger partial charge < -0.3 is 21.0 Å². The first-order valence-corrected chi connectivity index (χ1v) is 12.3. The van der Waals surface area contributed by atoms with Gasteiger partial charge in [0.1, 0.15) is 5.69 Å². The SMILES string of the molecule is [C-]#[N+]Cc1ccc2c(c1)Cc1c(C(N)=O)ncc(-c3cccc(NCc4ccc(Cl)cc4C(=O)O)c3C)c1-2. The molecule has 1 amide bonds. The fourth-order valence-electron chi connectivity index (χ4n) is 5.08. The first-order chi connectivity index (χ1) is 18.3. The Morgan fingerprint density at radius 3 is 2.68 bits per heavy atom. The summed E-state index contributed by atoms with van der Waals surface area (Å²) in [4.78, 5) is 31.9. The maximum Gasteiger partial charge on any atom is 0.336 e. The van der Waals surface area contributed by atoms with E-state index < -0.39 is 11.9 Å². The number of aromatic carboxylic acids is 1. The van der Waals surface area contributed by atoms with E-state index in [4.69, 9.17) is 23.9 Å². The molecule has 5 rings (SSSR count). The number of rotatable bonds is 7. The van der Waals surface area contributed by atoms with Gasteiger partial charge in [0.25, 0.3) is 5.91 Å². The lowest BCUT2D eigenvalue weighted by Gasteiger charge is -2.17. The van der Waals surface area contributed by atoms with Crippen LogP contribution in [0.15, 0.2) is 60.8 Å². The van der Waals surface area contributed by atoms with Crippen LogP contribution in [0.3, 0.4) is 0 Å². The molecule has 38 heavy (non-hydrogen) atoms. The van der Waals surface area contributed by atoms with Crippen molar-refractivity contribution in [1.82, 2.24) is 4.98 Å². The number of nitrogens with zero attached hydrogens (tertiary/aromatic N) is 2. The van der Waals surface area contributed by atoms with Gasteiger partial charge in [-0.3, -0.25) is 9.78 Å². The number of fused-ring (bicyclic) bond motifs is 3. The molecule has 0 saturated heterocycles. The summed E-state index contributed by atoms with van der Waals surface area (Å²) in [5, 5.41) is 13.3. The van der Waals surface area contributed by atoms with E-state index in [1.165, 1.54) is 6.07 Å². The van der Waals surface area contributed by atoms with Crippen molar-refractivity contribution in [1.29, 1.82) is 0 Å². The van der Waals surface area contributed by atoms with Crippen molar-refractivity contribution in [3.63, 3.8) is 0 Å². The molecule has 0 bridgehead atoms. The second-order valence-electron chi connectivity index (χ2n) is 9.16. The van der Waals surface area contributed by atoms with Crippen molar-refractivity contribution in [2.45, 2.75) is 26.4 Å². The highest BCUT2D eigenvalue weighted by Gasteiger charge is 2.28. The van der Waals surface area contributed by atoms with Gasteiger partial charge in [0.05, 0.1) is 5.56 Å². The van der Waals surface area contributed by atoms with Gasteiger partial charge in [-0.1, -0.05) is 41.9 Å². The van der Waals surface area contributed by atoms with Crippen molar-refractivity contribution in [2.24, 2.45) is 5.73 Å². The predicted octanol–water partition coefficient (Wildman–Crippen LogP) is 6.11. The normalized spacial score (nSPS) is 11.4. The van der Waals surface area contributed by atoms with E-state index in [1.54, 1.807) is 18.3 Å². The first-order valence-electron chi connectivity index (χ1n) is 11.9. The Morgan fingerprint density at radius 1 is 1.13 bits per heavy atom. The molecule has 1 heterocycles. The first kappa shape index (κ1) is 25.0. The Kier molecular flexibility index (Phi) is 6.58. The molecule has 4 N–H and O–H groups in total. The van der Waals surface area contributed by atoms with Gasteiger partial charge in [0, 0.05) is 41.0 Å². The summed E-state index contributed by atoms with van der Waals surface area (Å²) < 4.78 is 0. The van der Waals surface area contributed by atoms with Gasteiger partial charge in [-0.05, 0) is 70.1 Å². The Bertz CT molecular complexity index is 1670. The van der Waals surface area contributed by atoms with E-state index in [0.717, 1.165) is 50.2 Å². The molecular weight excluding hydrogens is 500 g/mol. The maximum atomic E-state index is 12.2. The highest BCUT2D eigenvalue weighted by atomic mass is 35.5. The number of carboxylic acids is 1. The van der Waals surface area contributed by atoms with Crippen LogP contribution in [-0.4, -0.2) is 22.0 Å². The van der Waals surface area contributed by atoms with Crippen LogP contribution in [0.2, 0.25) is 5.02 Å². The third-order valence-corrected chi connectivity index (χ3v) is 7.11. The Hall–Kier alpha value is -4.67. The minimum atomic E-state index is -1.04. The van der Waals surface area contributed by atoms with Crippen LogP contribution in [0.5, 0.6) is 0 Å². The van der Waals surface area contributed by atoms with Crippen molar-refractivity contribution >= 4 is 29.2 Å². The maximum absolute atomic E-state index is 12.2. The molecule has 0 radical (unpaired) electrons.